The molecule has 0 aliphatic carbocycles. The van der Waals surface area contributed by atoms with E-state index >= 15 is 0 Å². The highest BCUT2D eigenvalue weighted by molar-refractivity contribution is 6.92. The van der Waals surface area contributed by atoms with Gasteiger partial charge >= 0.3 is 0 Å². The maximum absolute atomic E-state index is 6.00. The van der Waals surface area contributed by atoms with Crippen LogP contribution in [0.2, 0.25) is 0 Å². The van der Waals surface area contributed by atoms with E-state index in [4.69, 9.17) is 10.5 Å². The van der Waals surface area contributed by atoms with Crippen LogP contribution in [0.1, 0.15) is 0 Å². The van der Waals surface area contributed by atoms with Gasteiger partial charge in [-0.3, -0.25) is 10.5 Å². The van der Waals surface area contributed by atoms with E-state index in [0.29, 0.717) is 0 Å². The van der Waals surface area contributed by atoms with E-state index < -0.39 is 0 Å². The second-order valence-corrected chi connectivity index (χ2v) is 0. The SMILES string of the molecule is OO.P.P. The fourth-order valence-electron chi connectivity index (χ4n) is 0. The van der Waals surface area contributed by atoms with Crippen molar-refractivity contribution in [3.8, 4) is 0 Å². The molecule has 0 amide bonds. The van der Waals surface area contributed by atoms with Crippen LogP contribution in [0, 0.1) is 0 Å². The maximum atomic E-state index is 6.00. The van der Waals surface area contributed by atoms with Crippen LogP contribution in [-0.2, 0) is 0 Å². The van der Waals surface area contributed by atoms with Crippen molar-refractivity contribution in [2.24, 2.45) is 0 Å². The minimum absolute atomic E-state index is 0. The van der Waals surface area contributed by atoms with E-state index in [9.17, 15) is 0 Å². The summed E-state index contributed by atoms with van der Waals surface area (Å²) in [5, 5.41) is 12.0. The van der Waals surface area contributed by atoms with Crippen LogP contribution in [-0.4, -0.2) is 10.5 Å². The first-order valence-corrected chi connectivity index (χ1v) is 0.200. The van der Waals surface area contributed by atoms with Gasteiger partial charge in [-0.15, -0.1) is 0 Å². The molecule has 0 aromatic heterocycles. The van der Waals surface area contributed by atoms with Gasteiger partial charge < -0.3 is 0 Å². The highest BCUT2D eigenvalue weighted by Crippen LogP contribution is 0.862. The van der Waals surface area contributed by atoms with Crippen molar-refractivity contribution in [2.75, 3.05) is 0 Å². The van der Waals surface area contributed by atoms with Crippen LogP contribution < -0.4 is 0 Å². The molecule has 2 N–H and O–H groups in total. The third kappa shape index (κ3) is 14.5. The average Bonchev–Trinajstić information content (AvgIpc) is 1.00. The summed E-state index contributed by atoms with van der Waals surface area (Å²) < 4.78 is 0. The molecule has 4 heavy (non-hydrogen) atoms. The van der Waals surface area contributed by atoms with Gasteiger partial charge in [0.05, 0.1) is 0 Å². The number of hydrogen-bond acceptors (Lipinski definition) is 2. The summed E-state index contributed by atoms with van der Waals surface area (Å²) in [5.74, 6) is 0. The van der Waals surface area contributed by atoms with Gasteiger partial charge in [-0.2, -0.15) is 19.8 Å². The molecule has 4 heteroatoms. The average molecular weight is 102 g/mol. The van der Waals surface area contributed by atoms with E-state index in [0.717, 1.165) is 0 Å². The van der Waals surface area contributed by atoms with E-state index in [1.54, 1.807) is 0 Å². The van der Waals surface area contributed by atoms with Crippen molar-refractivity contribution < 1.29 is 10.5 Å². The summed E-state index contributed by atoms with van der Waals surface area (Å²) in [5.41, 5.74) is 0. The molecule has 2 atom stereocenters. The highest BCUT2D eigenvalue weighted by Gasteiger charge is 0.745. The van der Waals surface area contributed by atoms with Crippen molar-refractivity contribution in [2.45, 2.75) is 0 Å². The van der Waals surface area contributed by atoms with Crippen LogP contribution in [0.5, 0.6) is 0 Å². The summed E-state index contributed by atoms with van der Waals surface area (Å²) in [4.78, 5) is 0. The summed E-state index contributed by atoms with van der Waals surface area (Å²) in [6.45, 7) is 0. The largest absolute Gasteiger partial charge is 0.255 e. The van der Waals surface area contributed by atoms with Gasteiger partial charge in [0.2, 0.25) is 0 Å². The van der Waals surface area contributed by atoms with Crippen LogP contribution in [0.15, 0.2) is 0 Å². The summed E-state index contributed by atoms with van der Waals surface area (Å²) >= 11 is 0. The third-order valence-electron chi connectivity index (χ3n) is 0. The van der Waals surface area contributed by atoms with Gasteiger partial charge in [0.1, 0.15) is 0 Å². The second-order valence-electron chi connectivity index (χ2n) is 0. The molecule has 0 aliphatic rings. The molecule has 0 rings (SSSR count). The van der Waals surface area contributed by atoms with Gasteiger partial charge in [-0.05, 0) is 0 Å². The summed E-state index contributed by atoms with van der Waals surface area (Å²) in [6, 6.07) is 0. The fourth-order valence-corrected chi connectivity index (χ4v) is 0. The molecule has 0 saturated carbocycles. The van der Waals surface area contributed by atoms with E-state index in [1.165, 1.54) is 0 Å². The Kier molecular flexibility index (Phi) is 259. The number of rotatable bonds is 0. The van der Waals surface area contributed by atoms with Gasteiger partial charge in [0, 0.05) is 0 Å². The molecule has 0 radical (unpaired) electrons. The van der Waals surface area contributed by atoms with Crippen molar-refractivity contribution in [1.82, 2.24) is 0 Å². The predicted octanol–water partition coefficient (Wildman–Crippen LogP) is 0.134. The lowest BCUT2D eigenvalue weighted by Crippen LogP contribution is -1.29. The fraction of sp³-hybridized carbons (Fsp3) is 0. The Morgan fingerprint density at radius 2 is 0.750 bits per heavy atom. The predicted molar refractivity (Wildman–Crippen MR) is 27.5 cm³/mol. The lowest BCUT2D eigenvalue weighted by molar-refractivity contribution is -0.176. The Morgan fingerprint density at radius 1 is 0.750 bits per heavy atom. The molecular formula is H8O2P2. The van der Waals surface area contributed by atoms with Crippen LogP contribution in [0.3, 0.4) is 0 Å². The lowest BCUT2D eigenvalue weighted by atomic mass is 15.0. The first kappa shape index (κ1) is 21.6. The molecule has 2 unspecified atom stereocenters. The first-order valence-electron chi connectivity index (χ1n) is 0.200. The van der Waals surface area contributed by atoms with Crippen molar-refractivity contribution in [1.29, 1.82) is 0 Å². The molecule has 0 bridgehead atoms. The molecule has 0 aromatic carbocycles. The van der Waals surface area contributed by atoms with Crippen molar-refractivity contribution >= 4 is 19.8 Å². The normalized spacial score (nSPS) is 1.50. The Bertz CT molecular complexity index is 4.00. The zero-order valence-electron chi connectivity index (χ0n) is 2.31. The van der Waals surface area contributed by atoms with Gasteiger partial charge in [-0.1, -0.05) is 0 Å². The molecular weight excluding hydrogens is 93.9 g/mol. The van der Waals surface area contributed by atoms with Gasteiger partial charge in [0.15, 0.2) is 0 Å². The second kappa shape index (κ2) is 48.0. The monoisotopic (exact) mass is 102 g/mol. The molecule has 0 fully saturated rings. The van der Waals surface area contributed by atoms with Crippen LogP contribution in [0.25, 0.3) is 0 Å². The number of hydrogen-bond donors (Lipinski definition) is 2. The van der Waals surface area contributed by atoms with E-state index in [2.05, 4.69) is 0 Å². The summed E-state index contributed by atoms with van der Waals surface area (Å²) in [7, 11) is 0. The highest BCUT2D eigenvalue weighted by atomic mass is 31.0. The van der Waals surface area contributed by atoms with E-state index in [-0.39, 0.29) is 19.8 Å². The summed E-state index contributed by atoms with van der Waals surface area (Å²) in [6.07, 6.45) is 0. The van der Waals surface area contributed by atoms with Gasteiger partial charge in [-0.25, -0.2) is 0 Å². The molecule has 30 valence electrons. The minimum Gasteiger partial charge on any atom is -0.255 e. The smallest absolute Gasteiger partial charge is 0.153 e. The van der Waals surface area contributed by atoms with Gasteiger partial charge in [0.25, 0.3) is 0 Å². The maximum Gasteiger partial charge on any atom is -0.153 e. The zero-order valence-corrected chi connectivity index (χ0v) is 5.14. The Balaban J connectivity index is -0.00000000500. The first-order chi connectivity index (χ1) is 1.00. The van der Waals surface area contributed by atoms with Crippen molar-refractivity contribution in [3.05, 3.63) is 0 Å². The Hall–Kier alpha value is 0.780. The quantitative estimate of drug-likeness (QED) is 0.259. The van der Waals surface area contributed by atoms with E-state index in [1.807, 2.05) is 0 Å². The molecule has 0 aromatic rings. The minimum atomic E-state index is 0. The Labute approximate surface area is 31.4 Å². The Morgan fingerprint density at radius 3 is 0.750 bits per heavy atom. The topological polar surface area (TPSA) is 40.5 Å². The zero-order chi connectivity index (χ0) is 2.00. The molecule has 0 heterocycles. The molecule has 2 nitrogen and oxygen atoms in total. The van der Waals surface area contributed by atoms with Crippen LogP contribution in [0.4, 0.5) is 0 Å². The lowest BCUT2D eigenvalue weighted by Gasteiger charge is -1.25. The standard InChI is InChI=1S/H2O2.2H3P/c1-2;;/h1-2H;2*1H3. The molecule has 0 saturated heterocycles. The van der Waals surface area contributed by atoms with Crippen molar-refractivity contribution in [3.63, 3.8) is 0 Å². The molecule has 0 spiro atoms. The third-order valence-corrected chi connectivity index (χ3v) is 0. The van der Waals surface area contributed by atoms with Crippen LogP contribution >= 0.6 is 19.8 Å². The molecule has 0 aliphatic heterocycles.